The molecule has 2 rings (SSSR count). The van der Waals surface area contributed by atoms with Gasteiger partial charge in [-0.3, -0.25) is 0 Å². The molecular weight excluding hydrogens is 299 g/mol. The van der Waals surface area contributed by atoms with E-state index in [0.717, 1.165) is 25.3 Å². The van der Waals surface area contributed by atoms with Crippen molar-refractivity contribution in [1.29, 1.82) is 0 Å². The number of nitrogens with one attached hydrogen (secondary N) is 1. The minimum Gasteiger partial charge on any atom is -0.462 e. The number of piperazine rings is 1. The lowest BCUT2D eigenvalue weighted by Crippen LogP contribution is -2.49. The molecule has 1 heterocycles. The fourth-order valence-electron chi connectivity index (χ4n) is 2.23. The molecule has 0 saturated carbocycles. The maximum atomic E-state index is 11.6. The van der Waals surface area contributed by atoms with Gasteiger partial charge in [0.2, 0.25) is 0 Å². The summed E-state index contributed by atoms with van der Waals surface area (Å²) in [5.41, 5.74) is 1.78. The van der Waals surface area contributed by atoms with E-state index in [1.165, 1.54) is 0 Å². The highest BCUT2D eigenvalue weighted by molar-refractivity contribution is 5.89. The first kappa shape index (κ1) is 19.0. The SMILES string of the molecule is CCOC(=O)c1ccc(N2CCNC[C@H]2C)cc1.Cl.Cl. The molecule has 1 fully saturated rings. The number of rotatable bonds is 3. The smallest absolute Gasteiger partial charge is 0.338 e. The van der Waals surface area contributed by atoms with Crippen LogP contribution in [0.5, 0.6) is 0 Å². The zero-order chi connectivity index (χ0) is 13.0. The zero-order valence-corrected chi connectivity index (χ0v) is 13.4. The number of carbonyl (C=O) groups excluding carboxylic acids is 1. The molecule has 1 saturated heterocycles. The Labute approximate surface area is 132 Å². The predicted molar refractivity (Wildman–Crippen MR) is 86.6 cm³/mol. The average Bonchev–Trinajstić information content (AvgIpc) is 2.40. The van der Waals surface area contributed by atoms with Gasteiger partial charge in [-0.05, 0) is 38.1 Å². The van der Waals surface area contributed by atoms with Gasteiger partial charge in [0.1, 0.15) is 0 Å². The monoisotopic (exact) mass is 320 g/mol. The summed E-state index contributed by atoms with van der Waals surface area (Å²) >= 11 is 0. The average molecular weight is 321 g/mol. The van der Waals surface area contributed by atoms with E-state index in [1.807, 2.05) is 31.2 Å². The molecule has 0 aromatic heterocycles. The summed E-state index contributed by atoms with van der Waals surface area (Å²) in [5.74, 6) is -0.252. The number of esters is 1. The molecule has 0 aliphatic carbocycles. The summed E-state index contributed by atoms with van der Waals surface area (Å²) in [6.45, 7) is 7.43. The predicted octanol–water partition coefficient (Wildman–Crippen LogP) is 2.51. The lowest BCUT2D eigenvalue weighted by Gasteiger charge is -2.35. The maximum absolute atomic E-state index is 11.6. The number of anilines is 1. The lowest BCUT2D eigenvalue weighted by atomic mass is 10.1. The third-order valence-electron chi connectivity index (χ3n) is 3.21. The van der Waals surface area contributed by atoms with Crippen LogP contribution >= 0.6 is 24.8 Å². The van der Waals surface area contributed by atoms with Crippen molar-refractivity contribution in [3.63, 3.8) is 0 Å². The molecule has 1 aromatic rings. The second-order valence-corrected chi connectivity index (χ2v) is 4.51. The van der Waals surface area contributed by atoms with Gasteiger partial charge in [-0.2, -0.15) is 0 Å². The van der Waals surface area contributed by atoms with Crippen molar-refractivity contribution >= 4 is 36.5 Å². The van der Waals surface area contributed by atoms with Gasteiger partial charge in [0.25, 0.3) is 0 Å². The first-order valence-electron chi connectivity index (χ1n) is 6.47. The Bertz CT molecular complexity index is 412. The molecule has 6 heteroatoms. The summed E-state index contributed by atoms with van der Waals surface area (Å²) in [7, 11) is 0. The van der Waals surface area contributed by atoms with E-state index < -0.39 is 0 Å². The largest absolute Gasteiger partial charge is 0.462 e. The summed E-state index contributed by atoms with van der Waals surface area (Å²) in [6.07, 6.45) is 0. The molecule has 0 amide bonds. The van der Waals surface area contributed by atoms with Crippen molar-refractivity contribution in [2.75, 3.05) is 31.1 Å². The number of nitrogens with zero attached hydrogens (tertiary/aromatic N) is 1. The normalized spacial score (nSPS) is 17.7. The standard InChI is InChI=1S/C14H20N2O2.2ClH/c1-3-18-14(17)12-4-6-13(7-5-12)16-9-8-15-10-11(16)2;;/h4-7,11,15H,3,8-10H2,1-2H3;2*1H/t11-;;/m1../s1. The molecule has 0 spiro atoms. The van der Waals surface area contributed by atoms with E-state index in [2.05, 4.69) is 17.1 Å². The Hall–Kier alpha value is -0.970. The van der Waals surface area contributed by atoms with Crippen LogP contribution in [0.4, 0.5) is 5.69 Å². The third kappa shape index (κ3) is 4.54. The first-order valence-corrected chi connectivity index (χ1v) is 6.47. The molecule has 4 nitrogen and oxygen atoms in total. The molecule has 1 aliphatic rings. The molecule has 1 N–H and O–H groups in total. The molecular formula is C14H22Cl2N2O2. The van der Waals surface area contributed by atoms with E-state index in [0.29, 0.717) is 18.2 Å². The van der Waals surface area contributed by atoms with Gasteiger partial charge in [0.15, 0.2) is 0 Å². The highest BCUT2D eigenvalue weighted by atomic mass is 35.5. The van der Waals surface area contributed by atoms with Gasteiger partial charge >= 0.3 is 5.97 Å². The van der Waals surface area contributed by atoms with E-state index in [1.54, 1.807) is 0 Å². The van der Waals surface area contributed by atoms with E-state index in [4.69, 9.17) is 4.74 Å². The van der Waals surface area contributed by atoms with Gasteiger partial charge in [-0.25, -0.2) is 4.79 Å². The first-order chi connectivity index (χ1) is 8.72. The summed E-state index contributed by atoms with van der Waals surface area (Å²) in [5, 5.41) is 3.36. The van der Waals surface area contributed by atoms with Gasteiger partial charge < -0.3 is 15.0 Å². The minimum absolute atomic E-state index is 0. The highest BCUT2D eigenvalue weighted by Crippen LogP contribution is 2.19. The highest BCUT2D eigenvalue weighted by Gasteiger charge is 2.18. The molecule has 114 valence electrons. The molecule has 1 atom stereocenters. The molecule has 0 radical (unpaired) electrons. The van der Waals surface area contributed by atoms with Crippen LogP contribution in [0.25, 0.3) is 0 Å². The maximum Gasteiger partial charge on any atom is 0.338 e. The zero-order valence-electron chi connectivity index (χ0n) is 11.8. The Kier molecular flexibility index (Phi) is 8.62. The summed E-state index contributed by atoms with van der Waals surface area (Å²) in [6, 6.07) is 8.14. The number of ether oxygens (including phenoxy) is 1. The van der Waals surface area contributed by atoms with Crippen LogP contribution in [0.3, 0.4) is 0 Å². The molecule has 1 aromatic carbocycles. The van der Waals surface area contributed by atoms with E-state index >= 15 is 0 Å². The van der Waals surface area contributed by atoms with Crippen LogP contribution < -0.4 is 10.2 Å². The Balaban J connectivity index is 0.00000180. The van der Waals surface area contributed by atoms with Gasteiger partial charge in [0.05, 0.1) is 12.2 Å². The number of halogens is 2. The second-order valence-electron chi connectivity index (χ2n) is 4.51. The van der Waals surface area contributed by atoms with Crippen LogP contribution in [0.15, 0.2) is 24.3 Å². The quantitative estimate of drug-likeness (QED) is 0.869. The van der Waals surface area contributed by atoms with Crippen LogP contribution in [0.2, 0.25) is 0 Å². The number of carbonyl (C=O) groups is 1. The minimum atomic E-state index is -0.252. The topological polar surface area (TPSA) is 41.6 Å². The fraction of sp³-hybridized carbons (Fsp3) is 0.500. The molecule has 0 bridgehead atoms. The molecule has 0 unspecified atom stereocenters. The molecule has 20 heavy (non-hydrogen) atoms. The van der Waals surface area contributed by atoms with Crippen LogP contribution in [-0.2, 0) is 4.74 Å². The number of hydrogen-bond donors (Lipinski definition) is 1. The molecule has 1 aliphatic heterocycles. The van der Waals surface area contributed by atoms with E-state index in [-0.39, 0.29) is 30.8 Å². The van der Waals surface area contributed by atoms with Crippen LogP contribution in [-0.4, -0.2) is 38.3 Å². The van der Waals surface area contributed by atoms with Gasteiger partial charge in [0, 0.05) is 31.4 Å². The van der Waals surface area contributed by atoms with Crippen molar-refractivity contribution in [1.82, 2.24) is 5.32 Å². The third-order valence-corrected chi connectivity index (χ3v) is 3.21. The number of benzene rings is 1. The second kappa shape index (κ2) is 9.06. The van der Waals surface area contributed by atoms with Crippen LogP contribution in [0, 0.1) is 0 Å². The van der Waals surface area contributed by atoms with Crippen molar-refractivity contribution in [2.24, 2.45) is 0 Å². The van der Waals surface area contributed by atoms with Crippen molar-refractivity contribution < 1.29 is 9.53 Å². The Morgan fingerprint density at radius 1 is 1.35 bits per heavy atom. The van der Waals surface area contributed by atoms with E-state index in [9.17, 15) is 4.79 Å². The van der Waals surface area contributed by atoms with Crippen LogP contribution in [0.1, 0.15) is 24.2 Å². The van der Waals surface area contributed by atoms with Crippen molar-refractivity contribution in [2.45, 2.75) is 19.9 Å². The van der Waals surface area contributed by atoms with Gasteiger partial charge in [-0.1, -0.05) is 0 Å². The van der Waals surface area contributed by atoms with Gasteiger partial charge in [-0.15, -0.1) is 24.8 Å². The van der Waals surface area contributed by atoms with Crippen molar-refractivity contribution in [3.05, 3.63) is 29.8 Å². The lowest BCUT2D eigenvalue weighted by molar-refractivity contribution is 0.0526. The Morgan fingerprint density at radius 3 is 2.55 bits per heavy atom. The number of hydrogen-bond acceptors (Lipinski definition) is 4. The summed E-state index contributed by atoms with van der Waals surface area (Å²) in [4.78, 5) is 13.9. The Morgan fingerprint density at radius 2 is 2.00 bits per heavy atom. The summed E-state index contributed by atoms with van der Waals surface area (Å²) < 4.78 is 4.97. The fourth-order valence-corrected chi connectivity index (χ4v) is 2.23. The van der Waals surface area contributed by atoms with Crippen molar-refractivity contribution in [3.8, 4) is 0 Å².